The number of methoxy groups -OCH3 is 1. The minimum Gasteiger partial charge on any atom is -0.495 e. The smallest absolute Gasteiger partial charge is 0.197 e. The molecule has 0 spiro atoms. The van der Waals surface area contributed by atoms with E-state index in [1.807, 2.05) is 0 Å². The molecule has 0 unspecified atom stereocenters. The summed E-state index contributed by atoms with van der Waals surface area (Å²) in [6.45, 7) is 3.12. The van der Waals surface area contributed by atoms with E-state index in [1.54, 1.807) is 43.5 Å². The van der Waals surface area contributed by atoms with Gasteiger partial charge in [0, 0.05) is 23.2 Å². The zero-order chi connectivity index (χ0) is 21.8. The molecule has 9 heteroatoms. The predicted molar refractivity (Wildman–Crippen MR) is 109 cm³/mol. The summed E-state index contributed by atoms with van der Waals surface area (Å²) in [5, 5.41) is 12.4. The molecule has 156 valence electrons. The second-order valence-corrected chi connectivity index (χ2v) is 7.41. The van der Waals surface area contributed by atoms with Crippen molar-refractivity contribution in [2.75, 3.05) is 7.11 Å². The number of fused-ring (bicyclic) bond motifs is 2. The maximum absolute atomic E-state index is 16.2. The molecular weight excluding hydrogens is 404 g/mol. The molecular formula is C22H17F2N5O2. The highest BCUT2D eigenvalue weighted by Gasteiger charge is 2.35. The van der Waals surface area contributed by atoms with Crippen molar-refractivity contribution in [2.45, 2.75) is 19.5 Å². The number of ether oxygens (including phenoxy) is 1. The molecule has 0 aliphatic carbocycles. The summed E-state index contributed by atoms with van der Waals surface area (Å²) < 4.78 is 42.6. The van der Waals surface area contributed by atoms with Crippen LogP contribution in [0.2, 0.25) is 0 Å². The Balaban J connectivity index is 1.67. The number of halogens is 2. The zero-order valence-corrected chi connectivity index (χ0v) is 16.9. The fourth-order valence-corrected chi connectivity index (χ4v) is 3.55. The standard InChI is InChI=1S/C22H17F2N5O2/c1-12-6-19(31-28-12)14-9-17(23)20-26-27-21(29(20)11-14)22(2,24)15-4-5-18-13(7-15)8-16(30-3)10-25-18/h4-11H,1-3H3/t22-/m1/s1. The highest BCUT2D eigenvalue weighted by Crippen LogP contribution is 2.35. The van der Waals surface area contributed by atoms with Gasteiger partial charge in [-0.05, 0) is 43.7 Å². The van der Waals surface area contributed by atoms with Crippen LogP contribution in [0.25, 0.3) is 27.9 Å². The first-order valence-corrected chi connectivity index (χ1v) is 9.48. The number of hydrogen-bond donors (Lipinski definition) is 0. The lowest BCUT2D eigenvalue weighted by atomic mass is 9.95. The van der Waals surface area contributed by atoms with Gasteiger partial charge < -0.3 is 9.26 Å². The van der Waals surface area contributed by atoms with Crippen LogP contribution in [0, 0.1) is 12.7 Å². The summed E-state index contributed by atoms with van der Waals surface area (Å²) in [4.78, 5) is 4.30. The molecule has 5 aromatic rings. The molecule has 0 amide bonds. The number of alkyl halides is 1. The summed E-state index contributed by atoms with van der Waals surface area (Å²) in [5.41, 5.74) is -0.0851. The molecule has 1 aromatic carbocycles. The molecule has 0 bridgehead atoms. The number of hydrogen-bond acceptors (Lipinski definition) is 6. The van der Waals surface area contributed by atoms with Gasteiger partial charge in [-0.15, -0.1) is 10.2 Å². The molecule has 0 N–H and O–H groups in total. The summed E-state index contributed by atoms with van der Waals surface area (Å²) in [6, 6.07) is 9.72. The highest BCUT2D eigenvalue weighted by atomic mass is 19.1. The lowest BCUT2D eigenvalue weighted by molar-refractivity contribution is 0.234. The van der Waals surface area contributed by atoms with E-state index in [2.05, 4.69) is 20.3 Å². The number of nitrogens with zero attached hydrogens (tertiary/aromatic N) is 5. The second kappa shape index (κ2) is 6.83. The molecule has 4 aromatic heterocycles. The molecule has 0 radical (unpaired) electrons. The molecule has 0 aliphatic rings. The first-order valence-electron chi connectivity index (χ1n) is 9.48. The van der Waals surface area contributed by atoms with E-state index in [-0.39, 0.29) is 11.5 Å². The molecule has 0 aliphatic heterocycles. The summed E-state index contributed by atoms with van der Waals surface area (Å²) in [5.74, 6) is 0.220. The molecule has 0 saturated carbocycles. The van der Waals surface area contributed by atoms with Crippen molar-refractivity contribution in [3.63, 3.8) is 0 Å². The fourth-order valence-electron chi connectivity index (χ4n) is 3.55. The van der Waals surface area contributed by atoms with Gasteiger partial charge in [-0.2, -0.15) is 0 Å². The molecule has 0 saturated heterocycles. The minimum absolute atomic E-state index is 0.0605. The Bertz CT molecular complexity index is 1440. The van der Waals surface area contributed by atoms with Gasteiger partial charge in [0.2, 0.25) is 0 Å². The van der Waals surface area contributed by atoms with Gasteiger partial charge in [0.1, 0.15) is 5.75 Å². The van der Waals surface area contributed by atoms with Crippen molar-refractivity contribution >= 4 is 16.6 Å². The van der Waals surface area contributed by atoms with Crippen LogP contribution < -0.4 is 4.74 Å². The number of benzene rings is 1. The van der Waals surface area contributed by atoms with E-state index in [4.69, 9.17) is 9.26 Å². The highest BCUT2D eigenvalue weighted by molar-refractivity contribution is 5.80. The van der Waals surface area contributed by atoms with Crippen LogP contribution in [0.15, 0.2) is 53.3 Å². The van der Waals surface area contributed by atoms with Gasteiger partial charge in [-0.1, -0.05) is 11.2 Å². The van der Waals surface area contributed by atoms with Gasteiger partial charge in [0.05, 0.1) is 24.5 Å². The fraction of sp³-hybridized carbons (Fsp3) is 0.182. The van der Waals surface area contributed by atoms with Crippen LogP contribution >= 0.6 is 0 Å². The average Bonchev–Trinajstić information content (AvgIpc) is 3.39. The Morgan fingerprint density at radius 1 is 1.13 bits per heavy atom. The molecule has 5 rings (SSSR count). The van der Waals surface area contributed by atoms with Crippen LogP contribution in [0.4, 0.5) is 8.78 Å². The quantitative estimate of drug-likeness (QED) is 0.421. The first kappa shape index (κ1) is 19.1. The Hall–Kier alpha value is -3.88. The van der Waals surface area contributed by atoms with E-state index in [0.717, 1.165) is 0 Å². The van der Waals surface area contributed by atoms with Crippen molar-refractivity contribution in [2.24, 2.45) is 0 Å². The Labute approximate surface area is 175 Å². The van der Waals surface area contributed by atoms with Crippen molar-refractivity contribution in [3.8, 4) is 17.1 Å². The number of rotatable bonds is 4. The van der Waals surface area contributed by atoms with E-state index in [0.29, 0.717) is 39.2 Å². The van der Waals surface area contributed by atoms with Crippen LogP contribution in [0.3, 0.4) is 0 Å². The topological polar surface area (TPSA) is 78.3 Å². The SMILES string of the molecule is COc1cnc2ccc([C@@](C)(F)c3nnc4c(F)cc(-c5cc(C)no5)cn34)cc2c1. The van der Waals surface area contributed by atoms with Gasteiger partial charge >= 0.3 is 0 Å². The molecule has 1 atom stereocenters. The van der Waals surface area contributed by atoms with Crippen LogP contribution in [0.5, 0.6) is 5.75 Å². The van der Waals surface area contributed by atoms with E-state index in [1.165, 1.54) is 30.7 Å². The van der Waals surface area contributed by atoms with Crippen LogP contribution in [-0.4, -0.2) is 31.8 Å². The van der Waals surface area contributed by atoms with Gasteiger partial charge in [-0.25, -0.2) is 8.78 Å². The predicted octanol–water partition coefficient (Wildman–Crippen LogP) is 4.62. The second-order valence-electron chi connectivity index (χ2n) is 7.41. The van der Waals surface area contributed by atoms with Gasteiger partial charge in [0.25, 0.3) is 0 Å². The maximum Gasteiger partial charge on any atom is 0.197 e. The number of aromatic nitrogens is 5. The van der Waals surface area contributed by atoms with Crippen LogP contribution in [0.1, 0.15) is 24.0 Å². The molecule has 31 heavy (non-hydrogen) atoms. The van der Waals surface area contributed by atoms with Gasteiger partial charge in [0.15, 0.2) is 28.7 Å². The first-order chi connectivity index (χ1) is 14.9. The average molecular weight is 421 g/mol. The van der Waals surface area contributed by atoms with E-state index >= 15 is 4.39 Å². The van der Waals surface area contributed by atoms with Crippen molar-refractivity contribution in [1.82, 2.24) is 24.7 Å². The van der Waals surface area contributed by atoms with Crippen LogP contribution in [-0.2, 0) is 5.67 Å². The van der Waals surface area contributed by atoms with Gasteiger partial charge in [-0.3, -0.25) is 9.38 Å². The normalized spacial score (nSPS) is 13.6. The van der Waals surface area contributed by atoms with Crippen molar-refractivity contribution < 1.29 is 18.0 Å². The zero-order valence-electron chi connectivity index (χ0n) is 16.9. The number of aryl methyl sites for hydroxylation is 1. The third-order valence-electron chi connectivity index (χ3n) is 5.23. The van der Waals surface area contributed by atoms with E-state index in [9.17, 15) is 4.39 Å². The third-order valence-corrected chi connectivity index (χ3v) is 5.23. The lowest BCUT2D eigenvalue weighted by Gasteiger charge is -2.20. The molecule has 7 nitrogen and oxygen atoms in total. The van der Waals surface area contributed by atoms with E-state index < -0.39 is 11.5 Å². The Kier molecular flexibility index (Phi) is 4.21. The Morgan fingerprint density at radius 3 is 2.71 bits per heavy atom. The van der Waals surface area contributed by atoms with Crippen molar-refractivity contribution in [3.05, 3.63) is 71.7 Å². The lowest BCUT2D eigenvalue weighted by Crippen LogP contribution is -2.21. The summed E-state index contributed by atoms with van der Waals surface area (Å²) in [6.07, 6.45) is 3.13. The number of pyridine rings is 2. The minimum atomic E-state index is -2.07. The molecule has 4 heterocycles. The Morgan fingerprint density at radius 2 is 1.97 bits per heavy atom. The summed E-state index contributed by atoms with van der Waals surface area (Å²) in [7, 11) is 1.54. The maximum atomic E-state index is 16.2. The largest absolute Gasteiger partial charge is 0.495 e. The monoisotopic (exact) mass is 421 g/mol. The van der Waals surface area contributed by atoms with Crippen molar-refractivity contribution in [1.29, 1.82) is 0 Å². The summed E-state index contributed by atoms with van der Waals surface area (Å²) >= 11 is 0. The molecule has 0 fully saturated rings. The third kappa shape index (κ3) is 3.09.